The lowest BCUT2D eigenvalue weighted by molar-refractivity contribution is 0.264. The Balaban J connectivity index is 1.96. The molecular formula is C16H26FNOSi. The van der Waals surface area contributed by atoms with Crippen molar-refractivity contribution in [1.82, 2.24) is 0 Å². The molecule has 0 aromatic heterocycles. The van der Waals surface area contributed by atoms with E-state index < -0.39 is 8.32 Å². The Morgan fingerprint density at radius 1 is 1.35 bits per heavy atom. The molecule has 1 atom stereocenters. The molecule has 0 amide bonds. The number of hydrogen-bond donors (Lipinski definition) is 1. The minimum absolute atomic E-state index is 0.151. The van der Waals surface area contributed by atoms with E-state index in [1.54, 1.807) is 6.07 Å². The van der Waals surface area contributed by atoms with Crippen molar-refractivity contribution >= 4 is 14.0 Å². The summed E-state index contributed by atoms with van der Waals surface area (Å²) in [5, 5.41) is 3.72. The first-order chi connectivity index (χ1) is 9.19. The Hall–Kier alpha value is -0.873. The van der Waals surface area contributed by atoms with Gasteiger partial charge in [0.25, 0.3) is 0 Å². The van der Waals surface area contributed by atoms with Gasteiger partial charge in [0.15, 0.2) is 8.32 Å². The zero-order valence-corrected chi connectivity index (χ0v) is 14.2. The van der Waals surface area contributed by atoms with Crippen LogP contribution in [0, 0.1) is 5.82 Å². The summed E-state index contributed by atoms with van der Waals surface area (Å²) in [4.78, 5) is 0. The molecule has 112 valence electrons. The molecule has 1 aliphatic rings. The fourth-order valence-electron chi connectivity index (χ4n) is 2.18. The van der Waals surface area contributed by atoms with E-state index in [0.717, 1.165) is 30.7 Å². The van der Waals surface area contributed by atoms with Crippen molar-refractivity contribution in [2.24, 2.45) is 0 Å². The normalized spacial score (nSPS) is 19.4. The number of aryl methyl sites for hydroxylation is 1. The number of hydrogen-bond acceptors (Lipinski definition) is 2. The zero-order valence-electron chi connectivity index (χ0n) is 13.2. The molecule has 0 saturated heterocycles. The minimum atomic E-state index is -1.69. The smallest absolute Gasteiger partial charge is 0.192 e. The third-order valence-electron chi connectivity index (χ3n) is 4.64. The predicted molar refractivity (Wildman–Crippen MR) is 85.3 cm³/mol. The largest absolute Gasteiger partial charge is 0.415 e. The van der Waals surface area contributed by atoms with Gasteiger partial charge in [0.05, 0.1) is 6.61 Å². The zero-order chi connectivity index (χ0) is 15.0. The molecule has 0 spiro atoms. The molecule has 20 heavy (non-hydrogen) atoms. The van der Waals surface area contributed by atoms with Crippen molar-refractivity contribution in [2.45, 2.75) is 57.8 Å². The number of nitrogens with one attached hydrogen (secondary N) is 1. The SMILES string of the molecule is CC(C)(C)[Si](C)(C)OC[C@H]1CCc2cc(F)ccc2N1. The predicted octanol–water partition coefficient (Wildman–Crippen LogP) is 4.57. The van der Waals surface area contributed by atoms with Gasteiger partial charge in [-0.25, -0.2) is 4.39 Å². The number of rotatable bonds is 3. The first-order valence-corrected chi connectivity index (χ1v) is 10.3. The summed E-state index contributed by atoms with van der Waals surface area (Å²) in [6, 6.07) is 5.32. The first-order valence-electron chi connectivity index (χ1n) is 7.38. The van der Waals surface area contributed by atoms with Crippen LogP contribution < -0.4 is 5.32 Å². The lowest BCUT2D eigenvalue weighted by atomic mass is 9.98. The molecule has 1 aliphatic heterocycles. The summed E-state index contributed by atoms with van der Waals surface area (Å²) in [5.74, 6) is -0.151. The highest BCUT2D eigenvalue weighted by atomic mass is 28.4. The summed E-state index contributed by atoms with van der Waals surface area (Å²) >= 11 is 0. The molecule has 0 radical (unpaired) electrons. The quantitative estimate of drug-likeness (QED) is 0.825. The molecule has 4 heteroatoms. The molecule has 0 aliphatic carbocycles. The monoisotopic (exact) mass is 295 g/mol. The average Bonchev–Trinajstić information content (AvgIpc) is 2.35. The third kappa shape index (κ3) is 3.41. The standard InChI is InChI=1S/C16H26FNOSi/c1-16(2,3)20(4,5)19-11-14-8-6-12-10-13(17)7-9-15(12)18-14/h7,9-10,14,18H,6,8,11H2,1-5H3/t14-/m1/s1. The molecule has 2 nitrogen and oxygen atoms in total. The number of anilines is 1. The van der Waals surface area contributed by atoms with E-state index in [0.29, 0.717) is 6.04 Å². The van der Waals surface area contributed by atoms with Gasteiger partial charge in [-0.3, -0.25) is 0 Å². The molecule has 0 fully saturated rings. The average molecular weight is 295 g/mol. The second kappa shape index (κ2) is 5.49. The van der Waals surface area contributed by atoms with Crippen LogP contribution in [0.2, 0.25) is 18.1 Å². The Labute approximate surface area is 122 Å². The first kappa shape index (κ1) is 15.5. The lowest BCUT2D eigenvalue weighted by Gasteiger charge is -2.38. The van der Waals surface area contributed by atoms with Crippen molar-refractivity contribution in [3.63, 3.8) is 0 Å². The van der Waals surface area contributed by atoms with Crippen molar-refractivity contribution in [2.75, 3.05) is 11.9 Å². The van der Waals surface area contributed by atoms with Gasteiger partial charge in [0.1, 0.15) is 5.82 Å². The molecule has 1 N–H and O–H groups in total. The highest BCUT2D eigenvalue weighted by Crippen LogP contribution is 2.37. The van der Waals surface area contributed by atoms with E-state index in [1.165, 1.54) is 6.07 Å². The van der Waals surface area contributed by atoms with Crippen LogP contribution >= 0.6 is 0 Å². The molecule has 1 aromatic carbocycles. The van der Waals surface area contributed by atoms with E-state index in [9.17, 15) is 4.39 Å². The topological polar surface area (TPSA) is 21.3 Å². The van der Waals surface area contributed by atoms with Gasteiger partial charge in [-0.2, -0.15) is 0 Å². The van der Waals surface area contributed by atoms with E-state index in [1.807, 2.05) is 6.07 Å². The van der Waals surface area contributed by atoms with E-state index in [2.05, 4.69) is 39.2 Å². The number of halogens is 1. The van der Waals surface area contributed by atoms with Crippen LogP contribution in [0.25, 0.3) is 0 Å². The summed E-state index contributed by atoms with van der Waals surface area (Å²) in [5.41, 5.74) is 2.13. The van der Waals surface area contributed by atoms with Gasteiger partial charge in [-0.1, -0.05) is 20.8 Å². The summed E-state index contributed by atoms with van der Waals surface area (Å²) in [6.07, 6.45) is 1.93. The maximum atomic E-state index is 13.2. The van der Waals surface area contributed by atoms with Crippen LogP contribution in [-0.4, -0.2) is 21.0 Å². The van der Waals surface area contributed by atoms with Crippen LogP contribution in [0.15, 0.2) is 18.2 Å². The van der Waals surface area contributed by atoms with Gasteiger partial charge in [0, 0.05) is 11.7 Å². The number of benzene rings is 1. The fraction of sp³-hybridized carbons (Fsp3) is 0.625. The molecule has 0 bridgehead atoms. The van der Waals surface area contributed by atoms with Gasteiger partial charge in [0.2, 0.25) is 0 Å². The third-order valence-corrected chi connectivity index (χ3v) is 9.14. The summed E-state index contributed by atoms with van der Waals surface area (Å²) in [6.45, 7) is 12.1. The van der Waals surface area contributed by atoms with Crippen molar-refractivity contribution < 1.29 is 8.82 Å². The van der Waals surface area contributed by atoms with Crippen LogP contribution in [0.3, 0.4) is 0 Å². The highest BCUT2D eigenvalue weighted by molar-refractivity contribution is 6.74. The van der Waals surface area contributed by atoms with Crippen molar-refractivity contribution in [1.29, 1.82) is 0 Å². The lowest BCUT2D eigenvalue weighted by Crippen LogP contribution is -2.44. The van der Waals surface area contributed by atoms with Crippen molar-refractivity contribution in [3.05, 3.63) is 29.6 Å². The second-order valence-electron chi connectivity index (χ2n) is 7.25. The molecular weight excluding hydrogens is 269 g/mol. The summed E-state index contributed by atoms with van der Waals surface area (Å²) in [7, 11) is -1.69. The molecule has 2 rings (SSSR count). The van der Waals surface area contributed by atoms with Crippen LogP contribution in [0.4, 0.5) is 10.1 Å². The summed E-state index contributed by atoms with van der Waals surface area (Å²) < 4.78 is 19.5. The fourth-order valence-corrected chi connectivity index (χ4v) is 3.23. The molecule has 0 unspecified atom stereocenters. The molecule has 1 aromatic rings. The van der Waals surface area contributed by atoms with E-state index >= 15 is 0 Å². The van der Waals surface area contributed by atoms with Crippen molar-refractivity contribution in [3.8, 4) is 0 Å². The van der Waals surface area contributed by atoms with Gasteiger partial charge < -0.3 is 9.74 Å². The van der Waals surface area contributed by atoms with Gasteiger partial charge in [-0.05, 0) is 54.7 Å². The van der Waals surface area contributed by atoms with E-state index in [4.69, 9.17) is 4.43 Å². The van der Waals surface area contributed by atoms with E-state index in [-0.39, 0.29) is 10.9 Å². The minimum Gasteiger partial charge on any atom is -0.415 e. The maximum Gasteiger partial charge on any atom is 0.192 e. The van der Waals surface area contributed by atoms with Crippen LogP contribution in [0.1, 0.15) is 32.8 Å². The highest BCUT2D eigenvalue weighted by Gasteiger charge is 2.37. The Morgan fingerprint density at radius 2 is 2.05 bits per heavy atom. The molecule has 0 saturated carbocycles. The number of fused-ring (bicyclic) bond motifs is 1. The Kier molecular flexibility index (Phi) is 4.26. The Morgan fingerprint density at radius 3 is 2.70 bits per heavy atom. The van der Waals surface area contributed by atoms with Gasteiger partial charge in [-0.15, -0.1) is 0 Å². The maximum absolute atomic E-state index is 13.2. The second-order valence-corrected chi connectivity index (χ2v) is 12.1. The van der Waals surface area contributed by atoms with Crippen LogP contribution in [0.5, 0.6) is 0 Å². The molecule has 1 heterocycles. The Bertz CT molecular complexity index is 482. The van der Waals surface area contributed by atoms with Gasteiger partial charge >= 0.3 is 0 Å². The van der Waals surface area contributed by atoms with Crippen LogP contribution in [-0.2, 0) is 10.8 Å².